The van der Waals surface area contributed by atoms with E-state index in [-0.39, 0.29) is 17.1 Å². The molecule has 31 heavy (non-hydrogen) atoms. The first kappa shape index (κ1) is 20.6. The van der Waals surface area contributed by atoms with Gasteiger partial charge in [0.25, 0.3) is 11.6 Å². The van der Waals surface area contributed by atoms with Crippen molar-refractivity contribution in [3.8, 4) is 22.8 Å². The third-order valence-corrected chi connectivity index (χ3v) is 5.02. The van der Waals surface area contributed by atoms with Gasteiger partial charge in [-0.15, -0.1) is 0 Å². The molecule has 9 heteroatoms. The number of amides is 1. The van der Waals surface area contributed by atoms with Gasteiger partial charge >= 0.3 is 0 Å². The molecule has 2 aromatic heterocycles. The number of rotatable bonds is 5. The number of halogens is 2. The molecule has 158 valence electrons. The van der Waals surface area contributed by atoms with Gasteiger partial charge in [0.15, 0.2) is 0 Å². The van der Waals surface area contributed by atoms with E-state index >= 15 is 0 Å². The van der Waals surface area contributed by atoms with E-state index in [9.17, 15) is 9.18 Å². The summed E-state index contributed by atoms with van der Waals surface area (Å²) in [6.07, 6.45) is 0. The molecule has 1 amide bonds. The lowest BCUT2D eigenvalue weighted by Crippen LogP contribution is -2.14. The van der Waals surface area contributed by atoms with Crippen LogP contribution >= 0.6 is 11.6 Å². The number of hydrogen-bond donors (Lipinski definition) is 1. The lowest BCUT2D eigenvalue weighted by Gasteiger charge is -2.14. The molecule has 0 radical (unpaired) electrons. The highest BCUT2D eigenvalue weighted by molar-refractivity contribution is 6.32. The normalized spacial score (nSPS) is 10.9. The van der Waals surface area contributed by atoms with E-state index in [0.717, 1.165) is 0 Å². The van der Waals surface area contributed by atoms with Gasteiger partial charge in [-0.25, -0.2) is 9.37 Å². The summed E-state index contributed by atoms with van der Waals surface area (Å²) < 4.78 is 29.2. The maximum absolute atomic E-state index is 13.3. The first-order valence-electron chi connectivity index (χ1n) is 9.17. The maximum atomic E-state index is 13.3. The van der Waals surface area contributed by atoms with E-state index in [4.69, 9.17) is 25.6 Å². The van der Waals surface area contributed by atoms with Crippen molar-refractivity contribution in [2.24, 2.45) is 0 Å². The summed E-state index contributed by atoms with van der Waals surface area (Å²) in [7, 11) is 2.96. The summed E-state index contributed by atoms with van der Waals surface area (Å²) in [5, 5.41) is 7.52. The van der Waals surface area contributed by atoms with Crippen LogP contribution in [0.25, 0.3) is 22.4 Å². The average molecular weight is 442 g/mol. The largest absolute Gasteiger partial charge is 0.495 e. The maximum Gasteiger partial charge on any atom is 0.259 e. The monoisotopic (exact) mass is 441 g/mol. The number of pyridine rings is 1. The number of aromatic nitrogens is 2. The van der Waals surface area contributed by atoms with Gasteiger partial charge in [-0.1, -0.05) is 16.8 Å². The number of ether oxygens (including phenoxy) is 2. The summed E-state index contributed by atoms with van der Waals surface area (Å²) in [5.74, 6) is -0.0274. The molecule has 0 unspecified atom stereocenters. The fourth-order valence-corrected chi connectivity index (χ4v) is 3.43. The Balaban J connectivity index is 1.80. The van der Waals surface area contributed by atoms with Crippen molar-refractivity contribution in [2.45, 2.75) is 6.92 Å². The van der Waals surface area contributed by atoms with E-state index in [1.807, 2.05) is 0 Å². The summed E-state index contributed by atoms with van der Waals surface area (Å²) >= 11 is 6.21. The molecule has 4 rings (SSSR count). The van der Waals surface area contributed by atoms with Crippen LogP contribution in [0.15, 0.2) is 47.0 Å². The van der Waals surface area contributed by atoms with Crippen LogP contribution in [0, 0.1) is 12.7 Å². The van der Waals surface area contributed by atoms with Gasteiger partial charge in [0.05, 0.1) is 47.3 Å². The van der Waals surface area contributed by atoms with Crippen LogP contribution in [0.3, 0.4) is 0 Å². The molecule has 2 aromatic carbocycles. The van der Waals surface area contributed by atoms with Crippen LogP contribution in [0.4, 0.5) is 10.1 Å². The third-order valence-electron chi connectivity index (χ3n) is 4.72. The van der Waals surface area contributed by atoms with Gasteiger partial charge in [0, 0.05) is 11.6 Å². The number of benzene rings is 2. The van der Waals surface area contributed by atoms with Gasteiger partial charge in [0.2, 0.25) is 0 Å². The molecule has 4 aromatic rings. The van der Waals surface area contributed by atoms with Crippen molar-refractivity contribution in [3.63, 3.8) is 0 Å². The molecule has 0 aliphatic rings. The molecule has 1 N–H and O–H groups in total. The zero-order chi connectivity index (χ0) is 22.1. The van der Waals surface area contributed by atoms with Crippen molar-refractivity contribution < 1.29 is 23.2 Å². The zero-order valence-electron chi connectivity index (χ0n) is 16.8. The lowest BCUT2D eigenvalue weighted by atomic mass is 10.0. The van der Waals surface area contributed by atoms with Crippen LogP contribution in [0.2, 0.25) is 5.02 Å². The number of carbonyl (C=O) groups is 1. The highest BCUT2D eigenvalue weighted by Gasteiger charge is 2.21. The molecule has 0 bridgehead atoms. The molecule has 2 heterocycles. The van der Waals surface area contributed by atoms with Crippen LogP contribution in [0.5, 0.6) is 11.5 Å². The van der Waals surface area contributed by atoms with E-state index in [1.165, 1.54) is 32.4 Å². The number of anilines is 1. The van der Waals surface area contributed by atoms with Crippen molar-refractivity contribution >= 4 is 34.3 Å². The predicted octanol–water partition coefficient (Wildman–Crippen LogP) is 5.26. The Morgan fingerprint density at radius 2 is 1.81 bits per heavy atom. The minimum atomic E-state index is -0.443. The Bertz CT molecular complexity index is 1290. The minimum absolute atomic E-state index is 0.198. The Labute approximate surface area is 181 Å². The van der Waals surface area contributed by atoms with Gasteiger partial charge in [-0.2, -0.15) is 0 Å². The van der Waals surface area contributed by atoms with Crippen molar-refractivity contribution in [1.82, 2.24) is 10.1 Å². The highest BCUT2D eigenvalue weighted by Crippen LogP contribution is 2.36. The standard InChI is InChI=1S/C22H17ClFN3O4/c1-11-20-14(21(28)25-17-9-15(23)18(29-2)10-19(17)30-3)8-16(26-22(20)31-27-11)12-4-6-13(24)7-5-12/h4-10H,1-3H3,(H,25,28). The topological polar surface area (TPSA) is 86.5 Å². The van der Waals surface area contributed by atoms with Crippen LogP contribution in [-0.2, 0) is 0 Å². The van der Waals surface area contributed by atoms with Gasteiger partial charge < -0.3 is 19.3 Å². The second kappa shape index (κ2) is 8.23. The Kier molecular flexibility index (Phi) is 5.48. The van der Waals surface area contributed by atoms with E-state index in [0.29, 0.717) is 44.5 Å². The number of nitrogens with zero attached hydrogens (tertiary/aromatic N) is 2. The molecule has 0 aliphatic heterocycles. The first-order chi connectivity index (χ1) is 14.9. The fourth-order valence-electron chi connectivity index (χ4n) is 3.19. The lowest BCUT2D eigenvalue weighted by molar-refractivity contribution is 0.102. The fraction of sp³-hybridized carbons (Fsp3) is 0.136. The summed E-state index contributed by atoms with van der Waals surface area (Å²) in [4.78, 5) is 17.7. The van der Waals surface area contributed by atoms with Gasteiger partial charge in [-0.3, -0.25) is 4.79 Å². The van der Waals surface area contributed by atoms with Crippen LogP contribution < -0.4 is 14.8 Å². The Morgan fingerprint density at radius 3 is 2.48 bits per heavy atom. The van der Waals surface area contributed by atoms with Crippen LogP contribution in [-0.4, -0.2) is 30.3 Å². The SMILES string of the molecule is COc1cc(OC)c(NC(=O)c2cc(-c3ccc(F)cc3)nc3onc(C)c23)cc1Cl. The molecule has 0 aliphatic carbocycles. The summed E-state index contributed by atoms with van der Waals surface area (Å²) in [6, 6.07) is 10.5. The average Bonchev–Trinajstić information content (AvgIpc) is 3.14. The predicted molar refractivity (Wildman–Crippen MR) is 114 cm³/mol. The molecular weight excluding hydrogens is 425 g/mol. The summed E-state index contributed by atoms with van der Waals surface area (Å²) in [5.41, 5.74) is 2.42. The van der Waals surface area contributed by atoms with Crippen LogP contribution in [0.1, 0.15) is 16.1 Å². The van der Waals surface area contributed by atoms with Gasteiger partial charge in [-0.05, 0) is 43.3 Å². The molecule has 0 fully saturated rings. The second-order valence-electron chi connectivity index (χ2n) is 6.65. The molecule has 0 spiro atoms. The van der Waals surface area contributed by atoms with Gasteiger partial charge in [0.1, 0.15) is 17.3 Å². The van der Waals surface area contributed by atoms with Crippen molar-refractivity contribution in [3.05, 3.63) is 64.6 Å². The zero-order valence-corrected chi connectivity index (χ0v) is 17.6. The number of aryl methyl sites for hydroxylation is 1. The summed E-state index contributed by atoms with van der Waals surface area (Å²) in [6.45, 7) is 1.71. The number of hydrogen-bond acceptors (Lipinski definition) is 6. The molecule has 7 nitrogen and oxygen atoms in total. The minimum Gasteiger partial charge on any atom is -0.495 e. The second-order valence-corrected chi connectivity index (χ2v) is 7.06. The number of methoxy groups -OCH3 is 2. The third kappa shape index (κ3) is 3.89. The first-order valence-corrected chi connectivity index (χ1v) is 9.55. The number of carbonyl (C=O) groups excluding carboxylic acids is 1. The molecule has 0 atom stereocenters. The Morgan fingerprint density at radius 1 is 1.10 bits per heavy atom. The molecular formula is C22H17ClFN3O4. The van der Waals surface area contributed by atoms with E-state index in [2.05, 4.69) is 15.5 Å². The van der Waals surface area contributed by atoms with Crippen molar-refractivity contribution in [2.75, 3.05) is 19.5 Å². The Hall–Kier alpha value is -3.65. The van der Waals surface area contributed by atoms with E-state index < -0.39 is 5.91 Å². The smallest absolute Gasteiger partial charge is 0.259 e. The molecule has 0 saturated carbocycles. The molecule has 0 saturated heterocycles. The number of fused-ring (bicyclic) bond motifs is 1. The number of nitrogens with one attached hydrogen (secondary N) is 1. The van der Waals surface area contributed by atoms with E-state index in [1.54, 1.807) is 31.2 Å². The van der Waals surface area contributed by atoms with Crippen molar-refractivity contribution in [1.29, 1.82) is 0 Å². The highest BCUT2D eigenvalue weighted by atomic mass is 35.5. The quantitative estimate of drug-likeness (QED) is 0.454.